The van der Waals surface area contributed by atoms with Gasteiger partial charge in [0.05, 0.1) is 0 Å². The van der Waals surface area contributed by atoms with Crippen LogP contribution in [0.4, 0.5) is 0 Å². The Balaban J connectivity index is 1.72. The Morgan fingerprint density at radius 2 is 1.79 bits per heavy atom. The minimum atomic E-state index is -0.0761. The molecule has 0 unspecified atom stereocenters. The maximum absolute atomic E-state index is 13.1. The fourth-order valence-electron chi connectivity index (χ4n) is 3.82. The lowest BCUT2D eigenvalue weighted by Crippen LogP contribution is -2.28. The minimum absolute atomic E-state index is 0.0761. The van der Waals surface area contributed by atoms with Gasteiger partial charge in [0.15, 0.2) is 5.78 Å². The highest BCUT2D eigenvalue weighted by Crippen LogP contribution is 2.41. The van der Waals surface area contributed by atoms with Gasteiger partial charge in [-0.15, -0.1) is 22.7 Å². The van der Waals surface area contributed by atoms with Crippen molar-refractivity contribution in [3.05, 3.63) is 58.8 Å². The first kappa shape index (κ1) is 17.5. The third-order valence-electron chi connectivity index (χ3n) is 4.97. The van der Waals surface area contributed by atoms with Crippen molar-refractivity contribution in [3.63, 3.8) is 0 Å². The molecule has 4 heterocycles. The van der Waals surface area contributed by atoms with Gasteiger partial charge in [0.2, 0.25) is 0 Å². The van der Waals surface area contributed by atoms with Gasteiger partial charge < -0.3 is 4.57 Å². The number of carbonyl (C=O) groups excluding carboxylic acids is 1. The van der Waals surface area contributed by atoms with E-state index < -0.39 is 0 Å². The number of nitrogens with zero attached hydrogens (tertiary/aromatic N) is 4. The van der Waals surface area contributed by atoms with Crippen LogP contribution in [0.25, 0.3) is 27.1 Å². The Hall–Kier alpha value is -2.64. The van der Waals surface area contributed by atoms with Crippen LogP contribution in [0.5, 0.6) is 0 Å². The van der Waals surface area contributed by atoms with E-state index in [1.165, 1.54) is 0 Å². The molecule has 5 rings (SSSR count). The standard InChI is InChI=1S/C21H18N4OS2/c1-21(2)10-15-18(16(26)11-21)13(19-22-6-8-27-19)12-25(15)17-5-3-4-14(24-17)20-23-7-9-28-20/h3-9,12H,10-11H2,1-2H3. The van der Waals surface area contributed by atoms with Crippen molar-refractivity contribution in [1.29, 1.82) is 0 Å². The Kier molecular flexibility index (Phi) is 4.03. The molecular weight excluding hydrogens is 388 g/mol. The van der Waals surface area contributed by atoms with Gasteiger partial charge in [-0.1, -0.05) is 19.9 Å². The smallest absolute Gasteiger partial charge is 0.165 e. The molecule has 4 aromatic rings. The van der Waals surface area contributed by atoms with Gasteiger partial charge in [0, 0.05) is 52.6 Å². The predicted molar refractivity (Wildman–Crippen MR) is 112 cm³/mol. The zero-order chi connectivity index (χ0) is 19.3. The number of pyridine rings is 1. The maximum atomic E-state index is 13.1. The molecule has 0 spiro atoms. The van der Waals surface area contributed by atoms with Crippen LogP contribution >= 0.6 is 22.7 Å². The number of carbonyl (C=O) groups is 1. The average Bonchev–Trinajstić information content (AvgIpc) is 3.41. The molecule has 0 saturated heterocycles. The van der Waals surface area contributed by atoms with Crippen molar-refractivity contribution in [2.24, 2.45) is 5.41 Å². The zero-order valence-corrected chi connectivity index (χ0v) is 17.2. The van der Waals surface area contributed by atoms with E-state index in [-0.39, 0.29) is 11.2 Å². The van der Waals surface area contributed by atoms with E-state index in [0.29, 0.717) is 6.42 Å². The molecule has 0 aromatic carbocycles. The molecule has 0 bridgehead atoms. The van der Waals surface area contributed by atoms with Crippen LogP contribution in [0.15, 0.2) is 47.5 Å². The molecule has 0 saturated carbocycles. The number of aromatic nitrogens is 4. The number of ketones is 1. The van der Waals surface area contributed by atoms with Crippen LogP contribution in [0.1, 0.15) is 36.3 Å². The van der Waals surface area contributed by atoms with Gasteiger partial charge >= 0.3 is 0 Å². The molecule has 0 N–H and O–H groups in total. The van der Waals surface area contributed by atoms with Gasteiger partial charge in [-0.2, -0.15) is 0 Å². The summed E-state index contributed by atoms with van der Waals surface area (Å²) >= 11 is 3.12. The van der Waals surface area contributed by atoms with E-state index in [1.807, 2.05) is 35.2 Å². The van der Waals surface area contributed by atoms with Crippen LogP contribution in [0.3, 0.4) is 0 Å². The van der Waals surface area contributed by atoms with Crippen molar-refractivity contribution in [3.8, 4) is 27.1 Å². The van der Waals surface area contributed by atoms with Crippen LogP contribution in [0.2, 0.25) is 0 Å². The second kappa shape index (κ2) is 6.46. The summed E-state index contributed by atoms with van der Waals surface area (Å²) in [5, 5.41) is 5.65. The SMILES string of the molecule is CC1(C)CC(=O)c2c(-c3nccs3)cn(-c3cccc(-c4nccs4)n3)c2C1. The van der Waals surface area contributed by atoms with Gasteiger partial charge in [0.25, 0.3) is 0 Å². The first-order valence-corrected chi connectivity index (χ1v) is 10.8. The highest BCUT2D eigenvalue weighted by molar-refractivity contribution is 7.13. The second-order valence-electron chi connectivity index (χ2n) is 7.73. The topological polar surface area (TPSA) is 60.7 Å². The molecule has 28 heavy (non-hydrogen) atoms. The molecule has 1 aliphatic carbocycles. The van der Waals surface area contributed by atoms with Crippen LogP contribution in [-0.4, -0.2) is 25.3 Å². The summed E-state index contributed by atoms with van der Waals surface area (Å²) in [6.07, 6.45) is 6.96. The maximum Gasteiger partial charge on any atom is 0.165 e. The molecule has 1 aliphatic rings. The number of hydrogen-bond donors (Lipinski definition) is 0. The fourth-order valence-corrected chi connectivity index (χ4v) is 5.08. The Morgan fingerprint density at radius 1 is 1.04 bits per heavy atom. The zero-order valence-electron chi connectivity index (χ0n) is 15.5. The largest absolute Gasteiger partial charge is 0.304 e. The van der Waals surface area contributed by atoms with Gasteiger partial charge in [-0.05, 0) is 24.0 Å². The Labute approximate surface area is 170 Å². The normalized spacial score (nSPS) is 15.6. The summed E-state index contributed by atoms with van der Waals surface area (Å²) < 4.78 is 2.07. The highest BCUT2D eigenvalue weighted by Gasteiger charge is 2.36. The van der Waals surface area contributed by atoms with E-state index in [0.717, 1.165) is 44.8 Å². The summed E-state index contributed by atoms with van der Waals surface area (Å²) in [6, 6.07) is 5.94. The number of hydrogen-bond acceptors (Lipinski definition) is 6. The lowest BCUT2D eigenvalue weighted by atomic mass is 9.75. The molecule has 0 atom stereocenters. The van der Waals surface area contributed by atoms with Crippen molar-refractivity contribution in [2.45, 2.75) is 26.7 Å². The summed E-state index contributed by atoms with van der Waals surface area (Å²) in [4.78, 5) is 26.7. The van der Waals surface area contributed by atoms with E-state index in [4.69, 9.17) is 4.98 Å². The van der Waals surface area contributed by atoms with Gasteiger partial charge in [-0.25, -0.2) is 15.0 Å². The molecular formula is C21H18N4OS2. The Bertz CT molecular complexity index is 1160. The average molecular weight is 407 g/mol. The van der Waals surface area contributed by atoms with Crippen molar-refractivity contribution < 1.29 is 4.79 Å². The van der Waals surface area contributed by atoms with Crippen LogP contribution in [-0.2, 0) is 6.42 Å². The van der Waals surface area contributed by atoms with Gasteiger partial charge in [-0.3, -0.25) is 4.79 Å². The number of thiazole rings is 2. The van der Waals surface area contributed by atoms with Crippen molar-refractivity contribution >= 4 is 28.5 Å². The van der Waals surface area contributed by atoms with Gasteiger partial charge in [0.1, 0.15) is 21.5 Å². The van der Waals surface area contributed by atoms with Crippen molar-refractivity contribution in [2.75, 3.05) is 0 Å². The first-order valence-electron chi connectivity index (χ1n) is 9.06. The molecule has 140 valence electrons. The lowest BCUT2D eigenvalue weighted by Gasteiger charge is -2.29. The molecule has 7 heteroatoms. The number of fused-ring (bicyclic) bond motifs is 1. The molecule has 0 radical (unpaired) electrons. The summed E-state index contributed by atoms with van der Waals surface area (Å²) in [6.45, 7) is 4.29. The first-order chi connectivity index (χ1) is 13.5. The highest BCUT2D eigenvalue weighted by atomic mass is 32.1. The second-order valence-corrected chi connectivity index (χ2v) is 9.52. The summed E-state index contributed by atoms with van der Waals surface area (Å²) in [7, 11) is 0. The van der Waals surface area contributed by atoms with E-state index in [9.17, 15) is 4.79 Å². The Morgan fingerprint density at radius 3 is 2.50 bits per heavy atom. The predicted octanol–water partition coefficient (Wildman–Crippen LogP) is 5.27. The van der Waals surface area contributed by atoms with Crippen molar-refractivity contribution in [1.82, 2.24) is 19.5 Å². The third-order valence-corrected chi connectivity index (χ3v) is 6.57. The third kappa shape index (κ3) is 2.91. The molecule has 5 nitrogen and oxygen atoms in total. The quantitative estimate of drug-likeness (QED) is 0.465. The molecule has 4 aromatic heterocycles. The van der Waals surface area contributed by atoms with E-state index in [2.05, 4.69) is 28.4 Å². The molecule has 0 aliphatic heterocycles. The van der Waals surface area contributed by atoms with E-state index >= 15 is 0 Å². The summed E-state index contributed by atoms with van der Waals surface area (Å²) in [5.41, 5.74) is 3.50. The van der Waals surface area contributed by atoms with E-state index in [1.54, 1.807) is 35.1 Å². The molecule has 0 fully saturated rings. The fraction of sp³-hybridized carbons (Fsp3) is 0.238. The number of rotatable bonds is 3. The lowest BCUT2D eigenvalue weighted by molar-refractivity contribution is 0.0911. The molecule has 0 amide bonds. The monoisotopic (exact) mass is 406 g/mol. The number of Topliss-reactive ketones (excluding diaryl/α,β-unsaturated/α-hetero) is 1. The summed E-state index contributed by atoms with van der Waals surface area (Å²) in [5.74, 6) is 0.989. The van der Waals surface area contributed by atoms with Crippen LogP contribution in [0, 0.1) is 5.41 Å². The van der Waals surface area contributed by atoms with Crippen LogP contribution < -0.4 is 0 Å². The minimum Gasteiger partial charge on any atom is -0.304 e.